The summed E-state index contributed by atoms with van der Waals surface area (Å²) in [5.41, 5.74) is 4.40. The monoisotopic (exact) mass is 227 g/mol. The Balaban J connectivity index is 2.09. The van der Waals surface area contributed by atoms with Gasteiger partial charge in [-0.2, -0.15) is 0 Å². The number of rotatable bonds is 3. The first-order valence-corrected chi connectivity index (χ1v) is 5.75. The fourth-order valence-corrected chi connectivity index (χ4v) is 1.71. The van der Waals surface area contributed by atoms with Gasteiger partial charge in [0.1, 0.15) is 5.82 Å². The van der Waals surface area contributed by atoms with Crippen molar-refractivity contribution in [2.75, 3.05) is 5.32 Å². The third kappa shape index (κ3) is 3.03. The van der Waals surface area contributed by atoms with Gasteiger partial charge in [0.25, 0.3) is 0 Å². The van der Waals surface area contributed by atoms with Crippen LogP contribution in [-0.4, -0.2) is 9.97 Å². The number of anilines is 1. The first kappa shape index (κ1) is 11.6. The minimum Gasteiger partial charge on any atom is -0.364 e. The summed E-state index contributed by atoms with van der Waals surface area (Å²) < 4.78 is 0. The number of aromatic nitrogens is 2. The average molecular weight is 227 g/mol. The van der Waals surface area contributed by atoms with Gasteiger partial charge >= 0.3 is 0 Å². The first-order valence-electron chi connectivity index (χ1n) is 5.75. The Morgan fingerprint density at radius 1 is 1.18 bits per heavy atom. The zero-order valence-electron chi connectivity index (χ0n) is 10.5. The Kier molecular flexibility index (Phi) is 3.38. The van der Waals surface area contributed by atoms with Gasteiger partial charge in [0, 0.05) is 12.7 Å². The van der Waals surface area contributed by atoms with Crippen LogP contribution in [0.1, 0.15) is 22.5 Å². The zero-order valence-corrected chi connectivity index (χ0v) is 10.5. The minimum atomic E-state index is 0.778. The van der Waals surface area contributed by atoms with Crippen LogP contribution < -0.4 is 5.32 Å². The molecule has 2 aromatic rings. The molecule has 0 aliphatic rings. The van der Waals surface area contributed by atoms with Crippen LogP contribution >= 0.6 is 0 Å². The maximum Gasteiger partial charge on any atom is 0.148 e. The van der Waals surface area contributed by atoms with Crippen LogP contribution in [0.3, 0.4) is 0 Å². The second-order valence-electron chi connectivity index (χ2n) is 4.29. The van der Waals surface area contributed by atoms with E-state index < -0.39 is 0 Å². The average Bonchev–Trinajstić information content (AvgIpc) is 2.30. The van der Waals surface area contributed by atoms with E-state index in [-0.39, 0.29) is 0 Å². The topological polar surface area (TPSA) is 37.8 Å². The Labute approximate surface area is 102 Å². The van der Waals surface area contributed by atoms with Crippen LogP contribution in [-0.2, 0) is 6.54 Å². The molecule has 0 bridgehead atoms. The van der Waals surface area contributed by atoms with E-state index >= 15 is 0 Å². The molecular weight excluding hydrogens is 210 g/mol. The van der Waals surface area contributed by atoms with E-state index in [0.29, 0.717) is 0 Å². The molecule has 0 aliphatic carbocycles. The van der Waals surface area contributed by atoms with E-state index in [0.717, 1.165) is 23.8 Å². The van der Waals surface area contributed by atoms with E-state index in [1.807, 2.05) is 13.8 Å². The van der Waals surface area contributed by atoms with Crippen LogP contribution in [0, 0.1) is 20.8 Å². The van der Waals surface area contributed by atoms with Gasteiger partial charge in [0.15, 0.2) is 0 Å². The molecule has 0 amide bonds. The molecule has 0 fully saturated rings. The van der Waals surface area contributed by atoms with Gasteiger partial charge in [-0.15, -0.1) is 0 Å². The van der Waals surface area contributed by atoms with Gasteiger partial charge in [-0.25, -0.2) is 4.98 Å². The summed E-state index contributed by atoms with van der Waals surface area (Å²) in [6, 6.07) is 8.45. The molecule has 1 heterocycles. The minimum absolute atomic E-state index is 0.778. The maximum absolute atomic E-state index is 4.44. The van der Waals surface area contributed by atoms with Crippen LogP contribution in [0.4, 0.5) is 5.82 Å². The van der Waals surface area contributed by atoms with Crippen molar-refractivity contribution in [2.45, 2.75) is 27.3 Å². The van der Waals surface area contributed by atoms with Crippen LogP contribution in [0.2, 0.25) is 0 Å². The maximum atomic E-state index is 4.44. The Bertz CT molecular complexity index is 521. The van der Waals surface area contributed by atoms with E-state index in [9.17, 15) is 0 Å². The van der Waals surface area contributed by atoms with E-state index in [4.69, 9.17) is 0 Å². The van der Waals surface area contributed by atoms with Crippen molar-refractivity contribution in [2.24, 2.45) is 0 Å². The van der Waals surface area contributed by atoms with Crippen molar-refractivity contribution < 1.29 is 0 Å². The molecule has 0 saturated heterocycles. The zero-order chi connectivity index (χ0) is 12.3. The first-order chi connectivity index (χ1) is 8.15. The highest BCUT2D eigenvalue weighted by Gasteiger charge is 2.01. The summed E-state index contributed by atoms with van der Waals surface area (Å²) in [5.74, 6) is 0.867. The van der Waals surface area contributed by atoms with Crippen LogP contribution in [0.15, 0.2) is 30.5 Å². The standard InChI is InChI=1S/C14H17N3/c1-10-5-4-6-13(7-10)9-16-14-12(3)15-8-11(2)17-14/h4-8H,9H2,1-3H3,(H,16,17). The summed E-state index contributed by atoms with van der Waals surface area (Å²) in [7, 11) is 0. The summed E-state index contributed by atoms with van der Waals surface area (Å²) in [5, 5.41) is 3.32. The second kappa shape index (κ2) is 4.95. The predicted octanol–water partition coefficient (Wildman–Crippen LogP) is 3.01. The van der Waals surface area contributed by atoms with Crippen molar-refractivity contribution in [3.8, 4) is 0 Å². The molecule has 0 saturated carbocycles. The lowest BCUT2D eigenvalue weighted by Crippen LogP contribution is -2.05. The quantitative estimate of drug-likeness (QED) is 0.875. The molecule has 17 heavy (non-hydrogen) atoms. The molecule has 3 heteroatoms. The molecule has 1 aromatic heterocycles. The lowest BCUT2D eigenvalue weighted by Gasteiger charge is -2.09. The number of aryl methyl sites for hydroxylation is 3. The lowest BCUT2D eigenvalue weighted by molar-refractivity contribution is 1.02. The fraction of sp³-hybridized carbons (Fsp3) is 0.286. The molecule has 0 atom stereocenters. The summed E-state index contributed by atoms with van der Waals surface area (Å²) in [4.78, 5) is 8.72. The molecule has 88 valence electrons. The molecule has 0 unspecified atom stereocenters. The smallest absolute Gasteiger partial charge is 0.148 e. The van der Waals surface area contributed by atoms with Crippen molar-refractivity contribution >= 4 is 5.82 Å². The van der Waals surface area contributed by atoms with E-state index in [1.54, 1.807) is 6.20 Å². The highest BCUT2D eigenvalue weighted by molar-refractivity contribution is 5.40. The van der Waals surface area contributed by atoms with Crippen LogP contribution in [0.5, 0.6) is 0 Å². The fourth-order valence-electron chi connectivity index (χ4n) is 1.71. The molecule has 2 rings (SSSR count). The Hall–Kier alpha value is -1.90. The third-order valence-electron chi connectivity index (χ3n) is 2.62. The van der Waals surface area contributed by atoms with Crippen molar-refractivity contribution in [3.05, 3.63) is 53.0 Å². The van der Waals surface area contributed by atoms with Crippen molar-refractivity contribution in [3.63, 3.8) is 0 Å². The number of benzene rings is 1. The molecular formula is C14H17N3. The van der Waals surface area contributed by atoms with E-state index in [2.05, 4.69) is 46.5 Å². The molecule has 0 radical (unpaired) electrons. The highest BCUT2D eigenvalue weighted by atomic mass is 15.0. The van der Waals surface area contributed by atoms with E-state index in [1.165, 1.54) is 11.1 Å². The number of nitrogens with one attached hydrogen (secondary N) is 1. The lowest BCUT2D eigenvalue weighted by atomic mass is 10.1. The summed E-state index contributed by atoms with van der Waals surface area (Å²) in [6.45, 7) is 6.79. The SMILES string of the molecule is Cc1cccc(CNc2nc(C)cnc2C)c1. The Morgan fingerprint density at radius 2 is 2.00 bits per heavy atom. The third-order valence-corrected chi connectivity index (χ3v) is 2.62. The molecule has 1 N–H and O–H groups in total. The van der Waals surface area contributed by atoms with Crippen molar-refractivity contribution in [1.82, 2.24) is 9.97 Å². The van der Waals surface area contributed by atoms with Gasteiger partial charge in [-0.1, -0.05) is 29.8 Å². The Morgan fingerprint density at radius 3 is 2.76 bits per heavy atom. The van der Waals surface area contributed by atoms with Crippen LogP contribution in [0.25, 0.3) is 0 Å². The molecule has 0 spiro atoms. The number of hydrogen-bond donors (Lipinski definition) is 1. The molecule has 1 aromatic carbocycles. The van der Waals surface area contributed by atoms with Gasteiger partial charge in [0.05, 0.1) is 11.4 Å². The largest absolute Gasteiger partial charge is 0.364 e. The number of hydrogen-bond acceptors (Lipinski definition) is 3. The predicted molar refractivity (Wildman–Crippen MR) is 70.0 cm³/mol. The normalized spacial score (nSPS) is 10.3. The second-order valence-corrected chi connectivity index (χ2v) is 4.29. The van der Waals surface area contributed by atoms with Gasteiger partial charge in [-0.05, 0) is 26.3 Å². The molecule has 3 nitrogen and oxygen atoms in total. The number of nitrogens with zero attached hydrogens (tertiary/aromatic N) is 2. The summed E-state index contributed by atoms with van der Waals surface area (Å²) in [6.07, 6.45) is 1.78. The van der Waals surface area contributed by atoms with Crippen molar-refractivity contribution in [1.29, 1.82) is 0 Å². The van der Waals surface area contributed by atoms with Gasteiger partial charge < -0.3 is 5.32 Å². The van der Waals surface area contributed by atoms with Gasteiger partial charge in [-0.3, -0.25) is 4.98 Å². The van der Waals surface area contributed by atoms with Gasteiger partial charge in [0.2, 0.25) is 0 Å². The highest BCUT2D eigenvalue weighted by Crippen LogP contribution is 2.11. The summed E-state index contributed by atoms with van der Waals surface area (Å²) >= 11 is 0. The molecule has 0 aliphatic heterocycles.